The summed E-state index contributed by atoms with van der Waals surface area (Å²) in [6, 6.07) is 0. The Balaban J connectivity index is 2.10. The maximum absolute atomic E-state index is 11.9. The molecule has 0 amide bonds. The number of aromatic nitrogens is 3. The third-order valence-corrected chi connectivity index (χ3v) is 4.67. The molecule has 1 aliphatic rings. The van der Waals surface area contributed by atoms with Crippen molar-refractivity contribution < 1.29 is 9.53 Å². The monoisotopic (exact) mass is 300 g/mol. The SMILES string of the molecule is CCCn1c(SCC(N)(C(=O)OC)C2CC2)n[nH]c1=O. The molecule has 0 radical (unpaired) electrons. The predicted octanol–water partition coefficient (Wildman–Crippen LogP) is 0.354. The molecular formula is C12H20N4O3S. The predicted molar refractivity (Wildman–Crippen MR) is 75.5 cm³/mol. The number of methoxy groups -OCH3 is 1. The van der Waals surface area contributed by atoms with Crippen LogP contribution in [0.15, 0.2) is 9.95 Å². The minimum absolute atomic E-state index is 0.160. The van der Waals surface area contributed by atoms with Crippen molar-refractivity contribution >= 4 is 17.7 Å². The Labute approximate surface area is 121 Å². The van der Waals surface area contributed by atoms with Crippen LogP contribution >= 0.6 is 11.8 Å². The number of carbonyl (C=O) groups excluding carboxylic acids is 1. The zero-order chi connectivity index (χ0) is 14.8. The van der Waals surface area contributed by atoms with Crippen molar-refractivity contribution in [2.75, 3.05) is 12.9 Å². The largest absolute Gasteiger partial charge is 0.468 e. The van der Waals surface area contributed by atoms with E-state index < -0.39 is 11.5 Å². The quantitative estimate of drug-likeness (QED) is 0.556. The molecule has 1 fully saturated rings. The fourth-order valence-corrected chi connectivity index (χ4v) is 3.31. The molecule has 1 aromatic heterocycles. The fourth-order valence-electron chi connectivity index (χ4n) is 2.15. The highest BCUT2D eigenvalue weighted by Crippen LogP contribution is 2.41. The normalized spacial score (nSPS) is 17.8. The van der Waals surface area contributed by atoms with Gasteiger partial charge in [0.1, 0.15) is 5.54 Å². The first-order valence-electron chi connectivity index (χ1n) is 6.68. The Bertz CT molecular complexity index is 537. The maximum atomic E-state index is 11.9. The van der Waals surface area contributed by atoms with E-state index in [9.17, 15) is 9.59 Å². The van der Waals surface area contributed by atoms with Crippen LogP contribution in [0.5, 0.6) is 0 Å². The number of carbonyl (C=O) groups is 1. The highest BCUT2D eigenvalue weighted by molar-refractivity contribution is 7.99. The van der Waals surface area contributed by atoms with E-state index in [2.05, 4.69) is 10.2 Å². The molecule has 20 heavy (non-hydrogen) atoms. The minimum atomic E-state index is -0.995. The Morgan fingerprint density at radius 2 is 2.35 bits per heavy atom. The molecule has 0 spiro atoms. The summed E-state index contributed by atoms with van der Waals surface area (Å²) in [6.07, 6.45) is 2.71. The second-order valence-electron chi connectivity index (χ2n) is 5.06. The van der Waals surface area contributed by atoms with Gasteiger partial charge in [-0.3, -0.25) is 9.36 Å². The van der Waals surface area contributed by atoms with Gasteiger partial charge in [0, 0.05) is 12.3 Å². The van der Waals surface area contributed by atoms with E-state index in [1.165, 1.54) is 18.9 Å². The number of nitrogens with one attached hydrogen (secondary N) is 1. The number of rotatable bonds is 7. The molecule has 1 atom stereocenters. The Morgan fingerprint density at radius 1 is 1.65 bits per heavy atom. The topological polar surface area (TPSA) is 103 Å². The van der Waals surface area contributed by atoms with Crippen LogP contribution in [-0.2, 0) is 16.1 Å². The van der Waals surface area contributed by atoms with Gasteiger partial charge in [0.15, 0.2) is 5.16 Å². The Hall–Kier alpha value is -1.28. The lowest BCUT2D eigenvalue weighted by atomic mass is 9.97. The Kier molecular flexibility index (Phi) is 4.54. The van der Waals surface area contributed by atoms with E-state index in [4.69, 9.17) is 10.5 Å². The molecule has 1 aromatic rings. The molecule has 0 saturated heterocycles. The molecule has 0 aliphatic heterocycles. The zero-order valence-corrected chi connectivity index (χ0v) is 12.5. The molecular weight excluding hydrogens is 280 g/mol. The van der Waals surface area contributed by atoms with Crippen molar-refractivity contribution in [2.24, 2.45) is 11.7 Å². The molecule has 1 unspecified atom stereocenters. The van der Waals surface area contributed by atoms with Crippen LogP contribution in [0.1, 0.15) is 26.2 Å². The van der Waals surface area contributed by atoms with Crippen LogP contribution in [0.2, 0.25) is 0 Å². The first-order chi connectivity index (χ1) is 9.52. The van der Waals surface area contributed by atoms with Gasteiger partial charge >= 0.3 is 11.7 Å². The molecule has 1 aliphatic carbocycles. The highest BCUT2D eigenvalue weighted by Gasteiger charge is 2.49. The summed E-state index contributed by atoms with van der Waals surface area (Å²) in [6.45, 7) is 2.58. The van der Waals surface area contributed by atoms with Crippen molar-refractivity contribution in [1.82, 2.24) is 14.8 Å². The molecule has 8 heteroatoms. The van der Waals surface area contributed by atoms with Crippen molar-refractivity contribution in [3.05, 3.63) is 10.5 Å². The summed E-state index contributed by atoms with van der Waals surface area (Å²) < 4.78 is 6.38. The third-order valence-electron chi connectivity index (χ3n) is 3.48. The van der Waals surface area contributed by atoms with Crippen molar-refractivity contribution in [2.45, 2.75) is 43.4 Å². The van der Waals surface area contributed by atoms with Crippen LogP contribution < -0.4 is 11.4 Å². The van der Waals surface area contributed by atoms with E-state index >= 15 is 0 Å². The minimum Gasteiger partial charge on any atom is -0.468 e. The molecule has 0 bridgehead atoms. The van der Waals surface area contributed by atoms with E-state index in [0.717, 1.165) is 19.3 Å². The number of esters is 1. The van der Waals surface area contributed by atoms with Crippen LogP contribution in [0.3, 0.4) is 0 Å². The van der Waals surface area contributed by atoms with Crippen molar-refractivity contribution in [1.29, 1.82) is 0 Å². The first-order valence-corrected chi connectivity index (χ1v) is 7.66. The second kappa shape index (κ2) is 6.01. The molecule has 2 rings (SSSR count). The van der Waals surface area contributed by atoms with Gasteiger partial charge in [-0.1, -0.05) is 18.7 Å². The number of hydrogen-bond acceptors (Lipinski definition) is 6. The molecule has 1 saturated carbocycles. The van der Waals surface area contributed by atoms with Gasteiger partial charge < -0.3 is 10.5 Å². The number of nitrogens with two attached hydrogens (primary N) is 1. The van der Waals surface area contributed by atoms with Crippen LogP contribution in [0.25, 0.3) is 0 Å². The molecule has 112 valence electrons. The van der Waals surface area contributed by atoms with Gasteiger partial charge in [0.25, 0.3) is 0 Å². The van der Waals surface area contributed by atoms with Crippen LogP contribution in [-0.4, -0.2) is 39.1 Å². The summed E-state index contributed by atoms with van der Waals surface area (Å²) in [5, 5.41) is 6.97. The lowest BCUT2D eigenvalue weighted by molar-refractivity contribution is -0.146. The van der Waals surface area contributed by atoms with Gasteiger partial charge in [-0.05, 0) is 25.2 Å². The van der Waals surface area contributed by atoms with Crippen molar-refractivity contribution in [3.8, 4) is 0 Å². The molecule has 1 heterocycles. The summed E-state index contributed by atoms with van der Waals surface area (Å²) in [7, 11) is 1.35. The summed E-state index contributed by atoms with van der Waals surface area (Å²) in [5.74, 6) is 0.124. The lowest BCUT2D eigenvalue weighted by Crippen LogP contribution is -2.53. The van der Waals surface area contributed by atoms with Gasteiger partial charge in [-0.15, -0.1) is 5.10 Å². The Morgan fingerprint density at radius 3 is 2.90 bits per heavy atom. The van der Waals surface area contributed by atoms with Gasteiger partial charge in [-0.2, -0.15) is 0 Å². The number of H-pyrrole nitrogens is 1. The average molecular weight is 300 g/mol. The summed E-state index contributed by atoms with van der Waals surface area (Å²) in [4.78, 5) is 23.5. The lowest BCUT2D eigenvalue weighted by Gasteiger charge is -2.25. The summed E-state index contributed by atoms with van der Waals surface area (Å²) in [5.41, 5.74) is 4.99. The standard InChI is InChI=1S/C12H20N4O3S/c1-3-6-16-10(18)14-15-11(16)20-7-12(13,8-4-5-8)9(17)19-2/h8H,3-7,13H2,1-2H3,(H,14,18). The summed E-state index contributed by atoms with van der Waals surface area (Å²) >= 11 is 1.32. The number of ether oxygens (including phenoxy) is 1. The molecule has 0 aromatic carbocycles. The number of hydrogen-bond donors (Lipinski definition) is 2. The smallest absolute Gasteiger partial charge is 0.343 e. The van der Waals surface area contributed by atoms with E-state index in [0.29, 0.717) is 17.5 Å². The van der Waals surface area contributed by atoms with Gasteiger partial charge in [0.2, 0.25) is 0 Å². The molecule has 3 N–H and O–H groups in total. The average Bonchev–Trinajstić information content (AvgIpc) is 3.24. The van der Waals surface area contributed by atoms with E-state index in [-0.39, 0.29) is 11.6 Å². The number of aromatic amines is 1. The van der Waals surface area contributed by atoms with Crippen molar-refractivity contribution in [3.63, 3.8) is 0 Å². The first kappa shape index (κ1) is 15.1. The van der Waals surface area contributed by atoms with Crippen LogP contribution in [0, 0.1) is 5.92 Å². The second-order valence-corrected chi connectivity index (χ2v) is 6.00. The maximum Gasteiger partial charge on any atom is 0.343 e. The highest BCUT2D eigenvalue weighted by atomic mass is 32.2. The number of thioether (sulfide) groups is 1. The third kappa shape index (κ3) is 2.90. The van der Waals surface area contributed by atoms with Gasteiger partial charge in [-0.25, -0.2) is 9.89 Å². The molecule has 7 nitrogen and oxygen atoms in total. The van der Waals surface area contributed by atoms with E-state index in [1.807, 2.05) is 6.92 Å². The van der Waals surface area contributed by atoms with Gasteiger partial charge in [0.05, 0.1) is 7.11 Å². The fraction of sp³-hybridized carbons (Fsp3) is 0.750. The number of nitrogens with zero attached hydrogens (tertiary/aromatic N) is 2. The van der Waals surface area contributed by atoms with E-state index in [1.54, 1.807) is 4.57 Å². The van der Waals surface area contributed by atoms with Crippen LogP contribution in [0.4, 0.5) is 0 Å². The zero-order valence-electron chi connectivity index (χ0n) is 11.7.